The summed E-state index contributed by atoms with van der Waals surface area (Å²) in [4.78, 5) is 30.5. The van der Waals surface area contributed by atoms with E-state index in [0.29, 0.717) is 50.9 Å². The van der Waals surface area contributed by atoms with E-state index < -0.39 is 0 Å². The average Bonchev–Trinajstić information content (AvgIpc) is 3.15. The Balaban J connectivity index is 1.39. The molecular formula is C49H50N4O2. The molecule has 1 aliphatic carbocycles. The lowest BCUT2D eigenvalue weighted by molar-refractivity contribution is 0.0981. The number of benzene rings is 6. The minimum atomic E-state index is -0.248. The number of para-hydroxylation sites is 1. The second-order valence-electron chi connectivity index (χ2n) is 16.8. The van der Waals surface area contributed by atoms with Gasteiger partial charge in [0.1, 0.15) is 0 Å². The lowest BCUT2D eigenvalue weighted by Crippen LogP contribution is -2.25. The van der Waals surface area contributed by atoms with Gasteiger partial charge in [-0.05, 0) is 106 Å². The van der Waals surface area contributed by atoms with Crippen molar-refractivity contribution >= 4 is 57.1 Å². The summed E-state index contributed by atoms with van der Waals surface area (Å²) in [6, 6.07) is 41.9. The lowest BCUT2D eigenvalue weighted by Gasteiger charge is -2.28. The highest BCUT2D eigenvalue weighted by Crippen LogP contribution is 2.44. The molecule has 0 spiro atoms. The van der Waals surface area contributed by atoms with Gasteiger partial charge in [0, 0.05) is 22.7 Å². The Morgan fingerprint density at radius 2 is 0.673 bits per heavy atom. The number of nitrogens with one attached hydrogen (secondary N) is 4. The minimum absolute atomic E-state index is 0.00739. The largest absolute Gasteiger partial charge is 0.355 e. The minimum Gasteiger partial charge on any atom is -0.355 e. The highest BCUT2D eigenvalue weighted by Gasteiger charge is 2.38. The van der Waals surface area contributed by atoms with Crippen LogP contribution in [-0.2, 0) is 10.8 Å². The topological polar surface area (TPSA) is 82.3 Å². The molecule has 6 aromatic rings. The van der Waals surface area contributed by atoms with E-state index in [1.54, 1.807) is 0 Å². The van der Waals surface area contributed by atoms with Gasteiger partial charge in [-0.3, -0.25) is 9.59 Å². The molecule has 0 saturated carbocycles. The summed E-state index contributed by atoms with van der Waals surface area (Å²) in [5.41, 5.74) is 10.4. The quantitative estimate of drug-likeness (QED) is 0.119. The monoisotopic (exact) mass is 726 g/mol. The Labute approximate surface area is 325 Å². The number of rotatable bonds is 9. The molecule has 0 saturated heterocycles. The van der Waals surface area contributed by atoms with Crippen LogP contribution in [0.5, 0.6) is 0 Å². The van der Waals surface area contributed by atoms with Crippen molar-refractivity contribution in [2.24, 2.45) is 0 Å². The van der Waals surface area contributed by atoms with Gasteiger partial charge in [0.2, 0.25) is 0 Å². The van der Waals surface area contributed by atoms with Gasteiger partial charge in [0.15, 0.2) is 11.6 Å². The van der Waals surface area contributed by atoms with Crippen molar-refractivity contribution in [3.63, 3.8) is 0 Å². The maximum atomic E-state index is 15.3. The summed E-state index contributed by atoms with van der Waals surface area (Å²) in [6.07, 6.45) is 0. The second kappa shape index (κ2) is 14.6. The number of fused-ring (bicyclic) bond motifs is 2. The summed E-state index contributed by atoms with van der Waals surface area (Å²) in [5.74, 6) is -0.110. The molecule has 0 atom stereocenters. The fourth-order valence-corrected chi connectivity index (χ4v) is 7.02. The van der Waals surface area contributed by atoms with Crippen molar-refractivity contribution in [3.8, 4) is 0 Å². The van der Waals surface area contributed by atoms with Gasteiger partial charge < -0.3 is 21.3 Å². The first-order valence-electron chi connectivity index (χ1n) is 19.0. The van der Waals surface area contributed by atoms with Crippen LogP contribution in [0.15, 0.2) is 127 Å². The predicted molar refractivity (Wildman–Crippen MR) is 230 cm³/mol. The molecule has 278 valence electrons. The van der Waals surface area contributed by atoms with Gasteiger partial charge in [-0.1, -0.05) is 110 Å². The third-order valence-corrected chi connectivity index (χ3v) is 10.3. The molecule has 55 heavy (non-hydrogen) atoms. The number of carbonyl (C=O) groups is 2. The Kier molecular flexibility index (Phi) is 9.87. The van der Waals surface area contributed by atoms with E-state index in [4.69, 9.17) is 0 Å². The first kappa shape index (κ1) is 37.2. The summed E-state index contributed by atoms with van der Waals surface area (Å²) < 4.78 is 0. The van der Waals surface area contributed by atoms with Crippen LogP contribution < -0.4 is 21.3 Å². The van der Waals surface area contributed by atoms with Gasteiger partial charge in [-0.15, -0.1) is 0 Å². The maximum Gasteiger partial charge on any atom is 0.198 e. The molecule has 0 aliphatic heterocycles. The van der Waals surface area contributed by atoms with E-state index in [2.05, 4.69) is 113 Å². The van der Waals surface area contributed by atoms with E-state index in [0.717, 1.165) is 22.7 Å². The third-order valence-electron chi connectivity index (χ3n) is 10.3. The van der Waals surface area contributed by atoms with Gasteiger partial charge in [-0.25, -0.2) is 0 Å². The van der Waals surface area contributed by atoms with Crippen LogP contribution >= 0.6 is 0 Å². The van der Waals surface area contributed by atoms with E-state index in [-0.39, 0.29) is 22.4 Å². The van der Waals surface area contributed by atoms with Crippen LogP contribution in [0.25, 0.3) is 0 Å². The molecule has 7 rings (SSSR count). The van der Waals surface area contributed by atoms with Gasteiger partial charge in [0.25, 0.3) is 0 Å². The van der Waals surface area contributed by atoms with Crippen molar-refractivity contribution in [1.29, 1.82) is 0 Å². The van der Waals surface area contributed by atoms with Crippen molar-refractivity contribution in [1.82, 2.24) is 0 Å². The van der Waals surface area contributed by atoms with E-state index in [1.807, 2.05) is 91.0 Å². The van der Waals surface area contributed by atoms with Crippen LogP contribution in [-0.4, -0.2) is 11.6 Å². The lowest BCUT2D eigenvalue weighted by atomic mass is 9.80. The van der Waals surface area contributed by atoms with Crippen molar-refractivity contribution in [2.45, 2.75) is 72.1 Å². The Bertz CT molecular complexity index is 2360. The van der Waals surface area contributed by atoms with Crippen molar-refractivity contribution in [2.75, 3.05) is 21.3 Å². The molecule has 0 bridgehead atoms. The van der Waals surface area contributed by atoms with Crippen LogP contribution in [0, 0.1) is 0 Å². The summed E-state index contributed by atoms with van der Waals surface area (Å²) in [6.45, 7) is 17.4. The molecule has 0 aromatic heterocycles. The predicted octanol–water partition coefficient (Wildman–Crippen LogP) is 13.2. The van der Waals surface area contributed by atoms with Crippen LogP contribution in [0.1, 0.15) is 110 Å². The van der Waals surface area contributed by atoms with Crippen LogP contribution in [0.4, 0.5) is 45.5 Å². The fraction of sp³-hybridized carbons (Fsp3) is 0.224. The number of anilines is 8. The zero-order valence-corrected chi connectivity index (χ0v) is 33.0. The first-order chi connectivity index (χ1) is 26.2. The standard InChI is InChI=1S/C49H50N4O2/c1-30(2)31-14-20-35(21-15-31)51-39-27-26-38(50-34-12-10-9-11-13-34)42-43(39)47(55)45-41(53-37-24-18-33(19-25-37)49(6,7)8)29-28-40(44(45)46(42)54)52-36-22-16-32(17-23-36)48(3,4)5/h9-30,50-53H,1-8H3. The number of hydrogen-bond donors (Lipinski definition) is 4. The highest BCUT2D eigenvalue weighted by molar-refractivity contribution is 6.35. The number of carbonyl (C=O) groups excluding carboxylic acids is 2. The molecule has 0 unspecified atom stereocenters. The van der Waals surface area contributed by atoms with Gasteiger partial charge in [0.05, 0.1) is 45.0 Å². The Hall–Kier alpha value is -6.14. The van der Waals surface area contributed by atoms with Gasteiger partial charge in [-0.2, -0.15) is 0 Å². The number of ketones is 2. The molecule has 1 aliphatic rings. The van der Waals surface area contributed by atoms with E-state index in [1.165, 1.54) is 16.7 Å². The molecule has 0 amide bonds. The summed E-state index contributed by atoms with van der Waals surface area (Å²) in [5, 5.41) is 14.0. The van der Waals surface area contributed by atoms with E-state index in [9.17, 15) is 0 Å². The van der Waals surface area contributed by atoms with Crippen LogP contribution in [0.3, 0.4) is 0 Å². The third kappa shape index (κ3) is 7.76. The first-order valence-corrected chi connectivity index (χ1v) is 19.0. The molecule has 0 heterocycles. The number of hydrogen-bond acceptors (Lipinski definition) is 6. The Morgan fingerprint density at radius 3 is 0.964 bits per heavy atom. The Morgan fingerprint density at radius 1 is 0.382 bits per heavy atom. The SMILES string of the molecule is CC(C)c1ccc(Nc2ccc(Nc3ccccc3)c3c2C(=O)c2c(Nc4ccc(C(C)(C)C)cc4)ccc(Nc4ccc(C(C)(C)C)cc4)c2C3=O)cc1. The molecular weight excluding hydrogens is 677 g/mol. The molecule has 6 nitrogen and oxygen atoms in total. The summed E-state index contributed by atoms with van der Waals surface area (Å²) >= 11 is 0. The van der Waals surface area contributed by atoms with Crippen molar-refractivity contribution in [3.05, 3.63) is 166 Å². The molecule has 0 fully saturated rings. The van der Waals surface area contributed by atoms with Gasteiger partial charge >= 0.3 is 0 Å². The molecule has 6 heteroatoms. The second-order valence-corrected chi connectivity index (χ2v) is 16.8. The fourth-order valence-electron chi connectivity index (χ4n) is 7.02. The smallest absolute Gasteiger partial charge is 0.198 e. The maximum absolute atomic E-state index is 15.3. The normalized spacial score (nSPS) is 12.6. The summed E-state index contributed by atoms with van der Waals surface area (Å²) in [7, 11) is 0. The van der Waals surface area contributed by atoms with E-state index >= 15 is 9.59 Å². The average molecular weight is 727 g/mol. The highest BCUT2D eigenvalue weighted by atomic mass is 16.1. The zero-order valence-electron chi connectivity index (χ0n) is 33.0. The zero-order chi connectivity index (χ0) is 39.1. The van der Waals surface area contributed by atoms with Crippen LogP contribution in [0.2, 0.25) is 0 Å². The molecule has 0 radical (unpaired) electrons. The molecule has 6 aromatic carbocycles. The molecule has 4 N–H and O–H groups in total. The van der Waals surface area contributed by atoms with Crippen molar-refractivity contribution < 1.29 is 9.59 Å².